The summed E-state index contributed by atoms with van der Waals surface area (Å²) in [7, 11) is 0. The van der Waals surface area contributed by atoms with Crippen LogP contribution in [0.2, 0.25) is 0 Å². The Bertz CT molecular complexity index is 712. The molecule has 1 aliphatic rings. The molecular weight excluding hydrogens is 320 g/mol. The molecule has 0 aliphatic carbocycles. The van der Waals surface area contributed by atoms with E-state index in [1.807, 2.05) is 24.0 Å². The molecule has 24 heavy (non-hydrogen) atoms. The van der Waals surface area contributed by atoms with E-state index in [-0.39, 0.29) is 12.1 Å². The Kier molecular flexibility index (Phi) is 5.02. The van der Waals surface area contributed by atoms with Gasteiger partial charge < -0.3 is 15.1 Å². The zero-order valence-electron chi connectivity index (χ0n) is 13.6. The maximum Gasteiger partial charge on any atom is 0.317 e. The van der Waals surface area contributed by atoms with Crippen molar-refractivity contribution in [1.82, 2.24) is 10.2 Å². The molecule has 2 heterocycles. The number of thiophene rings is 1. The number of piperazine rings is 1. The first-order valence-electron chi connectivity index (χ1n) is 8.01. The Labute approximate surface area is 146 Å². The topological polar surface area (TPSA) is 59.4 Å². The molecule has 1 aromatic carbocycles. The van der Waals surface area contributed by atoms with E-state index in [1.54, 1.807) is 23.5 Å². The fourth-order valence-corrected chi connectivity index (χ4v) is 3.57. The molecule has 1 aromatic heterocycles. The first-order chi connectivity index (χ1) is 11.7. The van der Waals surface area contributed by atoms with Crippen molar-refractivity contribution in [3.63, 3.8) is 0 Å². The second-order valence-electron chi connectivity index (χ2n) is 5.83. The fraction of sp³-hybridized carbons (Fsp3) is 0.333. The number of rotatable bonds is 3. The number of benzene rings is 1. The summed E-state index contributed by atoms with van der Waals surface area (Å²) in [5, 5.41) is 15.2. The fourth-order valence-electron chi connectivity index (χ4n) is 2.79. The van der Waals surface area contributed by atoms with Crippen molar-refractivity contribution in [1.29, 1.82) is 5.26 Å². The van der Waals surface area contributed by atoms with Crippen LogP contribution in [0.25, 0.3) is 0 Å². The highest BCUT2D eigenvalue weighted by atomic mass is 32.1. The van der Waals surface area contributed by atoms with Gasteiger partial charge in [0.25, 0.3) is 0 Å². The van der Waals surface area contributed by atoms with E-state index in [0.717, 1.165) is 31.7 Å². The summed E-state index contributed by atoms with van der Waals surface area (Å²) in [4.78, 5) is 16.6. The van der Waals surface area contributed by atoms with Gasteiger partial charge in [-0.1, -0.05) is 12.1 Å². The minimum Gasteiger partial charge on any atom is -0.360 e. The van der Waals surface area contributed by atoms with Crippen LogP contribution < -0.4 is 10.2 Å². The average Bonchev–Trinajstić information content (AvgIpc) is 3.16. The van der Waals surface area contributed by atoms with Gasteiger partial charge in [-0.2, -0.15) is 5.26 Å². The average molecular weight is 340 g/mol. The van der Waals surface area contributed by atoms with E-state index in [0.29, 0.717) is 5.56 Å². The first kappa shape index (κ1) is 16.3. The Morgan fingerprint density at radius 3 is 2.50 bits per heavy atom. The summed E-state index contributed by atoms with van der Waals surface area (Å²) >= 11 is 1.73. The van der Waals surface area contributed by atoms with Gasteiger partial charge in [0, 0.05) is 26.2 Å². The lowest BCUT2D eigenvalue weighted by molar-refractivity contribution is 0.191. The largest absolute Gasteiger partial charge is 0.360 e. The summed E-state index contributed by atoms with van der Waals surface area (Å²) in [5.41, 5.74) is 1.63. The van der Waals surface area contributed by atoms with E-state index in [9.17, 15) is 4.79 Å². The molecule has 0 bridgehead atoms. The molecule has 3 rings (SSSR count). The van der Waals surface area contributed by atoms with Crippen molar-refractivity contribution in [2.45, 2.75) is 13.0 Å². The van der Waals surface area contributed by atoms with E-state index in [4.69, 9.17) is 5.26 Å². The highest BCUT2D eigenvalue weighted by Gasteiger charge is 2.22. The number of urea groups is 1. The van der Waals surface area contributed by atoms with Crippen molar-refractivity contribution >= 4 is 22.4 Å². The van der Waals surface area contributed by atoms with Gasteiger partial charge in [-0.05, 0) is 42.1 Å². The van der Waals surface area contributed by atoms with Gasteiger partial charge in [-0.15, -0.1) is 11.3 Å². The molecular formula is C18H20N4OS. The number of anilines is 1. The Morgan fingerprint density at radius 2 is 1.92 bits per heavy atom. The van der Waals surface area contributed by atoms with Crippen molar-refractivity contribution in [2.75, 3.05) is 31.1 Å². The number of carbonyl (C=O) groups is 1. The molecule has 0 saturated carbocycles. The minimum atomic E-state index is -0.0828. The molecule has 5 nitrogen and oxygen atoms in total. The molecule has 1 aliphatic heterocycles. The summed E-state index contributed by atoms with van der Waals surface area (Å²) in [6.07, 6.45) is 0. The van der Waals surface area contributed by atoms with Gasteiger partial charge in [0.1, 0.15) is 0 Å². The van der Waals surface area contributed by atoms with Gasteiger partial charge in [-0.25, -0.2) is 4.79 Å². The molecule has 0 unspecified atom stereocenters. The van der Waals surface area contributed by atoms with E-state index >= 15 is 0 Å². The van der Waals surface area contributed by atoms with Crippen molar-refractivity contribution in [3.8, 4) is 6.07 Å². The summed E-state index contributed by atoms with van der Waals surface area (Å²) in [5.74, 6) is 0. The lowest BCUT2D eigenvalue weighted by atomic mass is 10.1. The lowest BCUT2D eigenvalue weighted by Gasteiger charge is -2.35. The Hall–Kier alpha value is -2.52. The number of amides is 2. The molecule has 124 valence electrons. The molecule has 1 saturated heterocycles. The van der Waals surface area contributed by atoms with Crippen molar-refractivity contribution in [3.05, 3.63) is 52.9 Å². The Morgan fingerprint density at radius 1 is 1.21 bits per heavy atom. The van der Waals surface area contributed by atoms with Crippen molar-refractivity contribution < 1.29 is 4.79 Å². The van der Waals surface area contributed by atoms with Crippen LogP contribution in [-0.2, 0) is 0 Å². The van der Waals surface area contributed by atoms with Gasteiger partial charge in [0.05, 0.1) is 22.7 Å². The zero-order chi connectivity index (χ0) is 16.9. The lowest BCUT2D eigenvalue weighted by Crippen LogP contribution is -2.52. The van der Waals surface area contributed by atoms with Crippen LogP contribution in [0.5, 0.6) is 0 Å². The third-order valence-electron chi connectivity index (χ3n) is 4.26. The maximum atomic E-state index is 12.4. The number of carbonyl (C=O) groups excluding carboxylic acids is 1. The van der Waals surface area contributed by atoms with E-state index in [2.05, 4.69) is 33.8 Å². The number of nitrogens with zero attached hydrogens (tertiary/aromatic N) is 3. The third kappa shape index (κ3) is 3.69. The molecule has 6 heteroatoms. The molecule has 0 radical (unpaired) electrons. The minimum absolute atomic E-state index is 0.0299. The van der Waals surface area contributed by atoms with Crippen LogP contribution >= 0.6 is 11.3 Å². The summed E-state index contributed by atoms with van der Waals surface area (Å²) < 4.78 is 0. The normalized spacial score (nSPS) is 15.7. The quantitative estimate of drug-likeness (QED) is 0.933. The van der Waals surface area contributed by atoms with Gasteiger partial charge >= 0.3 is 6.03 Å². The first-order valence-corrected chi connectivity index (χ1v) is 8.89. The molecule has 2 aromatic rings. The Balaban J connectivity index is 1.52. The monoisotopic (exact) mass is 340 g/mol. The van der Waals surface area contributed by atoms with Gasteiger partial charge in [-0.3, -0.25) is 0 Å². The predicted molar refractivity (Wildman–Crippen MR) is 96.2 cm³/mol. The zero-order valence-corrected chi connectivity index (χ0v) is 14.4. The highest BCUT2D eigenvalue weighted by Crippen LogP contribution is 2.22. The molecule has 1 atom stereocenters. The van der Waals surface area contributed by atoms with E-state index < -0.39 is 0 Å². The molecule has 1 N–H and O–H groups in total. The SMILES string of the molecule is C[C@H](NC(=O)N1CCN(c2cccs2)CC1)c1ccc(C#N)cc1. The van der Waals surface area contributed by atoms with Gasteiger partial charge in [0.15, 0.2) is 0 Å². The van der Waals surface area contributed by atoms with E-state index in [1.165, 1.54) is 5.00 Å². The standard InChI is InChI=1S/C18H20N4OS/c1-14(16-6-4-15(13-19)5-7-16)20-18(23)22-10-8-21(9-11-22)17-3-2-12-24-17/h2-7,12,14H,8-11H2,1H3,(H,20,23)/t14-/m0/s1. The number of nitriles is 1. The van der Waals surface area contributed by atoms with Crippen LogP contribution in [0.1, 0.15) is 24.1 Å². The van der Waals surface area contributed by atoms with Crippen LogP contribution in [-0.4, -0.2) is 37.1 Å². The summed E-state index contributed by atoms with van der Waals surface area (Å²) in [6.45, 7) is 5.13. The second-order valence-corrected chi connectivity index (χ2v) is 6.76. The maximum absolute atomic E-state index is 12.4. The molecule has 0 spiro atoms. The smallest absolute Gasteiger partial charge is 0.317 e. The second kappa shape index (κ2) is 7.37. The third-order valence-corrected chi connectivity index (χ3v) is 5.19. The van der Waals surface area contributed by atoms with Crippen LogP contribution in [0.4, 0.5) is 9.80 Å². The number of nitrogens with one attached hydrogen (secondary N) is 1. The van der Waals surface area contributed by atoms with Crippen molar-refractivity contribution in [2.24, 2.45) is 0 Å². The molecule has 2 amide bonds. The summed E-state index contributed by atoms with van der Waals surface area (Å²) in [6, 6.07) is 13.5. The number of hydrogen-bond acceptors (Lipinski definition) is 4. The van der Waals surface area contributed by atoms with Crippen LogP contribution in [0.3, 0.4) is 0 Å². The van der Waals surface area contributed by atoms with Gasteiger partial charge in [0.2, 0.25) is 0 Å². The highest BCUT2D eigenvalue weighted by molar-refractivity contribution is 7.14. The van der Waals surface area contributed by atoms with Crippen LogP contribution in [0, 0.1) is 11.3 Å². The molecule has 1 fully saturated rings. The number of hydrogen-bond donors (Lipinski definition) is 1. The van der Waals surface area contributed by atoms with Crippen LogP contribution in [0.15, 0.2) is 41.8 Å². The predicted octanol–water partition coefficient (Wildman–Crippen LogP) is 3.21.